The molecule has 0 unspecified atom stereocenters. The first-order chi connectivity index (χ1) is 9.29. The first-order valence-electron chi connectivity index (χ1n) is 5.86. The molecule has 0 amide bonds. The summed E-state index contributed by atoms with van der Waals surface area (Å²) in [7, 11) is 0. The molecule has 2 N–H and O–H groups in total. The van der Waals surface area contributed by atoms with Crippen LogP contribution in [-0.2, 0) is 13.2 Å². The summed E-state index contributed by atoms with van der Waals surface area (Å²) in [4.78, 5) is 22.2. The number of imidazole rings is 1. The molecule has 6 heteroatoms. The second kappa shape index (κ2) is 4.66. The molecular weight excluding hydrogens is 244 g/mol. The highest BCUT2D eigenvalue weighted by molar-refractivity contribution is 5.68. The molecule has 0 aliphatic rings. The van der Waals surface area contributed by atoms with Crippen molar-refractivity contribution in [2.24, 2.45) is 0 Å². The Bertz CT molecular complexity index is 775. The monoisotopic (exact) mass is 256 g/mol. The molecule has 96 valence electrons. The Morgan fingerprint density at radius 1 is 1.21 bits per heavy atom. The van der Waals surface area contributed by atoms with Crippen LogP contribution in [0.1, 0.15) is 11.1 Å². The van der Waals surface area contributed by atoms with Crippen molar-refractivity contribution in [2.45, 2.75) is 13.2 Å². The molecule has 0 radical (unpaired) electrons. The van der Waals surface area contributed by atoms with Gasteiger partial charge in [0.15, 0.2) is 11.2 Å². The van der Waals surface area contributed by atoms with E-state index in [4.69, 9.17) is 0 Å². The summed E-state index contributed by atoms with van der Waals surface area (Å²) in [6.07, 6.45) is 2.95. The Balaban J connectivity index is 2.07. The number of hydrogen-bond donors (Lipinski definition) is 2. The second-order valence-corrected chi connectivity index (χ2v) is 4.20. The number of nitrogens with one attached hydrogen (secondary N) is 1. The fourth-order valence-corrected chi connectivity index (χ4v) is 2.06. The minimum Gasteiger partial charge on any atom is -0.392 e. The van der Waals surface area contributed by atoms with Crippen LogP contribution >= 0.6 is 0 Å². The van der Waals surface area contributed by atoms with Gasteiger partial charge in [-0.1, -0.05) is 24.3 Å². The molecule has 0 saturated carbocycles. The summed E-state index contributed by atoms with van der Waals surface area (Å²) < 4.78 is 1.79. The van der Waals surface area contributed by atoms with Gasteiger partial charge in [-0.3, -0.25) is 4.79 Å². The quantitative estimate of drug-likeness (QED) is 0.721. The molecule has 0 aliphatic heterocycles. The number of hydrogen-bond acceptors (Lipinski definition) is 4. The zero-order valence-corrected chi connectivity index (χ0v) is 10.1. The number of aromatic amines is 1. The third-order valence-electron chi connectivity index (χ3n) is 3.04. The van der Waals surface area contributed by atoms with Crippen molar-refractivity contribution in [1.29, 1.82) is 0 Å². The lowest BCUT2D eigenvalue weighted by atomic mass is 10.1. The third-order valence-corrected chi connectivity index (χ3v) is 3.04. The molecule has 2 aromatic heterocycles. The molecule has 3 aromatic rings. The molecule has 19 heavy (non-hydrogen) atoms. The number of aromatic nitrogens is 4. The zero-order chi connectivity index (χ0) is 13.2. The molecular formula is C13H12N4O2. The minimum absolute atomic E-state index is 0.0170. The van der Waals surface area contributed by atoms with Gasteiger partial charge < -0.3 is 14.7 Å². The number of rotatable bonds is 3. The predicted molar refractivity (Wildman–Crippen MR) is 69.6 cm³/mol. The van der Waals surface area contributed by atoms with Gasteiger partial charge in [0, 0.05) is 0 Å². The fourth-order valence-electron chi connectivity index (χ4n) is 2.06. The van der Waals surface area contributed by atoms with Crippen LogP contribution in [0.3, 0.4) is 0 Å². The standard InChI is InChI=1S/C13H12N4O2/c18-6-10-4-2-1-3-9(10)5-17-8-16-11-12(17)14-7-15-13(11)19/h1-4,7-8,18H,5-6H2,(H,14,15,19). The van der Waals surface area contributed by atoms with Crippen LogP contribution in [0.25, 0.3) is 11.2 Å². The lowest BCUT2D eigenvalue weighted by Gasteiger charge is -2.08. The van der Waals surface area contributed by atoms with Crippen LogP contribution in [0.4, 0.5) is 0 Å². The summed E-state index contributed by atoms with van der Waals surface area (Å²) in [5.74, 6) is 0. The van der Waals surface area contributed by atoms with Crippen LogP contribution < -0.4 is 5.56 Å². The van der Waals surface area contributed by atoms with Crippen molar-refractivity contribution in [3.63, 3.8) is 0 Å². The van der Waals surface area contributed by atoms with Crippen molar-refractivity contribution in [3.05, 3.63) is 58.4 Å². The van der Waals surface area contributed by atoms with Gasteiger partial charge in [-0.15, -0.1) is 0 Å². The number of nitrogens with zero attached hydrogens (tertiary/aromatic N) is 3. The van der Waals surface area contributed by atoms with Crippen LogP contribution in [0.2, 0.25) is 0 Å². The molecule has 0 aliphatic carbocycles. The van der Waals surface area contributed by atoms with Crippen molar-refractivity contribution >= 4 is 11.2 Å². The van der Waals surface area contributed by atoms with E-state index in [1.807, 2.05) is 24.3 Å². The SMILES string of the molecule is O=c1[nH]cnc2c1ncn2Cc1ccccc1CO. The van der Waals surface area contributed by atoms with E-state index in [-0.39, 0.29) is 12.2 Å². The number of aliphatic hydroxyl groups excluding tert-OH is 1. The van der Waals surface area contributed by atoms with E-state index in [2.05, 4.69) is 15.0 Å². The maximum Gasteiger partial charge on any atom is 0.278 e. The molecule has 0 bridgehead atoms. The van der Waals surface area contributed by atoms with E-state index < -0.39 is 0 Å². The van der Waals surface area contributed by atoms with Crippen molar-refractivity contribution < 1.29 is 5.11 Å². The molecule has 6 nitrogen and oxygen atoms in total. The molecule has 1 aromatic carbocycles. The number of H-pyrrole nitrogens is 1. The highest BCUT2D eigenvalue weighted by atomic mass is 16.3. The summed E-state index contributed by atoms with van der Waals surface area (Å²) in [6.45, 7) is 0.500. The largest absolute Gasteiger partial charge is 0.392 e. The number of fused-ring (bicyclic) bond motifs is 1. The summed E-state index contributed by atoms with van der Waals surface area (Å²) in [5, 5.41) is 9.31. The number of aliphatic hydroxyl groups is 1. The van der Waals surface area contributed by atoms with Gasteiger partial charge >= 0.3 is 0 Å². The minimum atomic E-state index is -0.251. The van der Waals surface area contributed by atoms with Gasteiger partial charge in [0.1, 0.15) is 0 Å². The van der Waals surface area contributed by atoms with Crippen molar-refractivity contribution in [3.8, 4) is 0 Å². The van der Waals surface area contributed by atoms with Crippen LogP contribution in [0, 0.1) is 0 Å². The number of benzene rings is 1. The van der Waals surface area contributed by atoms with Gasteiger partial charge in [-0.25, -0.2) is 9.97 Å². The highest BCUT2D eigenvalue weighted by Gasteiger charge is 2.08. The van der Waals surface area contributed by atoms with E-state index in [1.54, 1.807) is 10.9 Å². The average molecular weight is 256 g/mol. The van der Waals surface area contributed by atoms with Gasteiger partial charge in [0.25, 0.3) is 5.56 Å². The van der Waals surface area contributed by atoms with E-state index in [0.29, 0.717) is 17.7 Å². The molecule has 3 rings (SSSR count). The second-order valence-electron chi connectivity index (χ2n) is 4.20. The van der Waals surface area contributed by atoms with Crippen molar-refractivity contribution in [1.82, 2.24) is 19.5 Å². The molecule has 0 spiro atoms. The summed E-state index contributed by atoms with van der Waals surface area (Å²) in [5.41, 5.74) is 2.44. The smallest absolute Gasteiger partial charge is 0.278 e. The lowest BCUT2D eigenvalue weighted by Crippen LogP contribution is -2.08. The first kappa shape index (κ1) is 11.6. The Morgan fingerprint density at radius 2 is 2.00 bits per heavy atom. The summed E-state index contributed by atoms with van der Waals surface area (Å²) in [6, 6.07) is 7.59. The fraction of sp³-hybridized carbons (Fsp3) is 0.154. The predicted octanol–water partition coefficient (Wildman–Crippen LogP) is 0.660. The van der Waals surface area contributed by atoms with E-state index in [1.165, 1.54) is 6.33 Å². The maximum atomic E-state index is 11.6. The van der Waals surface area contributed by atoms with Crippen molar-refractivity contribution in [2.75, 3.05) is 0 Å². The van der Waals surface area contributed by atoms with E-state index in [9.17, 15) is 9.90 Å². The Labute approximate surface area is 108 Å². The van der Waals surface area contributed by atoms with E-state index in [0.717, 1.165) is 11.1 Å². The Morgan fingerprint density at radius 3 is 2.79 bits per heavy atom. The Hall–Kier alpha value is -2.47. The average Bonchev–Trinajstić information content (AvgIpc) is 2.84. The molecule has 0 atom stereocenters. The first-order valence-corrected chi connectivity index (χ1v) is 5.86. The molecule has 0 fully saturated rings. The topological polar surface area (TPSA) is 83.8 Å². The lowest BCUT2D eigenvalue weighted by molar-refractivity contribution is 0.280. The van der Waals surface area contributed by atoms with Gasteiger partial charge in [-0.05, 0) is 11.1 Å². The summed E-state index contributed by atoms with van der Waals surface area (Å²) >= 11 is 0. The van der Waals surface area contributed by atoms with Crippen LogP contribution in [-0.4, -0.2) is 24.6 Å². The van der Waals surface area contributed by atoms with Gasteiger partial charge in [-0.2, -0.15) is 0 Å². The molecule has 0 saturated heterocycles. The van der Waals surface area contributed by atoms with Gasteiger partial charge in [0.05, 0.1) is 25.8 Å². The highest BCUT2D eigenvalue weighted by Crippen LogP contribution is 2.13. The normalized spacial score (nSPS) is 11.0. The van der Waals surface area contributed by atoms with E-state index >= 15 is 0 Å². The van der Waals surface area contributed by atoms with Crippen LogP contribution in [0.15, 0.2) is 41.7 Å². The zero-order valence-electron chi connectivity index (χ0n) is 10.1. The van der Waals surface area contributed by atoms with Gasteiger partial charge in [0.2, 0.25) is 0 Å². The van der Waals surface area contributed by atoms with Crippen LogP contribution in [0.5, 0.6) is 0 Å². The molecule has 2 heterocycles. The maximum absolute atomic E-state index is 11.6. The Kier molecular flexibility index (Phi) is 2.85. The third kappa shape index (κ3) is 2.02.